The van der Waals surface area contributed by atoms with Crippen molar-refractivity contribution in [1.82, 2.24) is 9.88 Å². The number of hydrogen-bond donors (Lipinski definition) is 0. The van der Waals surface area contributed by atoms with Gasteiger partial charge in [-0.05, 0) is 41.4 Å². The van der Waals surface area contributed by atoms with Crippen molar-refractivity contribution in [3.8, 4) is 16.3 Å². The Kier molecular flexibility index (Phi) is 5.83. The van der Waals surface area contributed by atoms with Crippen molar-refractivity contribution in [3.05, 3.63) is 57.7 Å². The van der Waals surface area contributed by atoms with E-state index in [1.807, 2.05) is 55.1 Å². The number of thiazole rings is 1. The number of ether oxygens (including phenoxy) is 1. The van der Waals surface area contributed by atoms with Crippen molar-refractivity contribution in [2.24, 2.45) is 0 Å². The molecule has 0 aliphatic heterocycles. The van der Waals surface area contributed by atoms with E-state index in [4.69, 9.17) is 4.74 Å². The van der Waals surface area contributed by atoms with Gasteiger partial charge in [0, 0.05) is 19.0 Å². The number of nitrogens with zero attached hydrogens (tertiary/aromatic N) is 2. The number of hydrogen-bond acceptors (Lipinski definition) is 5. The Morgan fingerprint density at radius 2 is 2.08 bits per heavy atom. The highest BCUT2D eigenvalue weighted by Crippen LogP contribution is 2.32. The summed E-state index contributed by atoms with van der Waals surface area (Å²) in [6.45, 7) is 3.21. The van der Waals surface area contributed by atoms with Crippen molar-refractivity contribution in [2.45, 2.75) is 19.9 Å². The van der Waals surface area contributed by atoms with Gasteiger partial charge in [-0.1, -0.05) is 12.1 Å². The quantitative estimate of drug-likeness (QED) is 0.614. The van der Waals surface area contributed by atoms with E-state index in [0.29, 0.717) is 19.6 Å². The first kappa shape index (κ1) is 17.6. The van der Waals surface area contributed by atoms with Gasteiger partial charge in [0.15, 0.2) is 0 Å². The molecule has 1 amide bonds. The lowest BCUT2D eigenvalue weighted by Crippen LogP contribution is -2.27. The van der Waals surface area contributed by atoms with Crippen LogP contribution in [0.5, 0.6) is 5.75 Å². The van der Waals surface area contributed by atoms with Crippen molar-refractivity contribution >= 4 is 28.6 Å². The Morgan fingerprint density at radius 1 is 1.24 bits per heavy atom. The fraction of sp³-hybridized carbons (Fsp3) is 0.263. The van der Waals surface area contributed by atoms with Crippen LogP contribution in [0.2, 0.25) is 0 Å². The lowest BCUT2D eigenvalue weighted by Gasteiger charge is -2.15. The molecule has 130 valence electrons. The maximum Gasteiger partial charge on any atom is 0.228 e. The van der Waals surface area contributed by atoms with Crippen molar-refractivity contribution in [1.29, 1.82) is 0 Å². The highest BCUT2D eigenvalue weighted by atomic mass is 32.1. The van der Waals surface area contributed by atoms with Crippen LogP contribution in [0.4, 0.5) is 0 Å². The van der Waals surface area contributed by atoms with Crippen LogP contribution >= 0.6 is 22.7 Å². The van der Waals surface area contributed by atoms with Gasteiger partial charge >= 0.3 is 0 Å². The molecule has 0 atom stereocenters. The van der Waals surface area contributed by atoms with Crippen LogP contribution < -0.4 is 4.74 Å². The summed E-state index contributed by atoms with van der Waals surface area (Å²) < 4.78 is 5.67. The molecule has 3 rings (SSSR count). The maximum absolute atomic E-state index is 12.4. The fourth-order valence-corrected chi connectivity index (χ4v) is 3.98. The van der Waals surface area contributed by atoms with E-state index in [1.54, 1.807) is 27.6 Å². The first-order valence-electron chi connectivity index (χ1n) is 8.09. The highest BCUT2D eigenvalue weighted by molar-refractivity contribution is 7.13. The van der Waals surface area contributed by atoms with Gasteiger partial charge < -0.3 is 9.64 Å². The fourth-order valence-electron chi connectivity index (χ4n) is 2.47. The lowest BCUT2D eigenvalue weighted by atomic mass is 10.2. The van der Waals surface area contributed by atoms with Crippen LogP contribution in [-0.4, -0.2) is 29.4 Å². The van der Waals surface area contributed by atoms with E-state index in [2.05, 4.69) is 10.4 Å². The number of aromatic nitrogens is 1. The van der Waals surface area contributed by atoms with Crippen LogP contribution in [0.1, 0.15) is 18.2 Å². The minimum atomic E-state index is 0.0705. The number of benzene rings is 1. The predicted octanol–water partition coefficient (Wildman–Crippen LogP) is 4.47. The zero-order chi connectivity index (χ0) is 17.6. The summed E-state index contributed by atoms with van der Waals surface area (Å²) in [4.78, 5) is 18.8. The van der Waals surface area contributed by atoms with Gasteiger partial charge in [0.2, 0.25) is 5.91 Å². The summed E-state index contributed by atoms with van der Waals surface area (Å²) in [6.07, 6.45) is 0.313. The smallest absolute Gasteiger partial charge is 0.228 e. The van der Waals surface area contributed by atoms with Crippen LogP contribution in [0.3, 0.4) is 0 Å². The molecule has 0 saturated heterocycles. The maximum atomic E-state index is 12.4. The Hall–Kier alpha value is -2.18. The monoisotopic (exact) mass is 372 g/mol. The normalized spacial score (nSPS) is 10.6. The highest BCUT2D eigenvalue weighted by Gasteiger charge is 2.15. The molecule has 6 heteroatoms. The molecule has 0 N–H and O–H groups in total. The van der Waals surface area contributed by atoms with E-state index in [9.17, 15) is 4.79 Å². The minimum absolute atomic E-state index is 0.0705. The third-order valence-electron chi connectivity index (χ3n) is 3.73. The zero-order valence-corrected chi connectivity index (χ0v) is 15.9. The van der Waals surface area contributed by atoms with E-state index in [1.165, 1.54) is 0 Å². The molecule has 0 aliphatic carbocycles. The van der Waals surface area contributed by atoms with Crippen LogP contribution in [0, 0.1) is 0 Å². The molecule has 0 fully saturated rings. The molecule has 3 aromatic rings. The van der Waals surface area contributed by atoms with Gasteiger partial charge in [-0.3, -0.25) is 4.79 Å². The van der Waals surface area contributed by atoms with E-state index in [-0.39, 0.29) is 5.91 Å². The van der Waals surface area contributed by atoms with Crippen molar-refractivity contribution in [2.75, 3.05) is 13.7 Å². The summed E-state index contributed by atoms with van der Waals surface area (Å²) in [5.41, 5.74) is 2.93. The van der Waals surface area contributed by atoms with Crippen molar-refractivity contribution in [3.63, 3.8) is 0 Å². The molecule has 0 saturated carbocycles. The third kappa shape index (κ3) is 4.46. The summed E-state index contributed by atoms with van der Waals surface area (Å²) in [6, 6.07) is 9.91. The third-order valence-corrected chi connectivity index (χ3v) is 5.38. The number of likely N-dealkylation sites (N-methyl/N-ethyl adjacent to an activating group) is 1. The van der Waals surface area contributed by atoms with Gasteiger partial charge in [-0.25, -0.2) is 4.98 Å². The largest absolute Gasteiger partial charge is 0.493 e. The number of rotatable bonds is 7. The van der Waals surface area contributed by atoms with Gasteiger partial charge in [0.05, 0.1) is 24.3 Å². The summed E-state index contributed by atoms with van der Waals surface area (Å²) >= 11 is 3.18. The van der Waals surface area contributed by atoms with Crippen LogP contribution in [0.25, 0.3) is 10.6 Å². The molecule has 2 heterocycles. The number of para-hydroxylation sites is 1. The summed E-state index contributed by atoms with van der Waals surface area (Å²) in [7, 11) is 1.83. The molecule has 0 spiro atoms. The van der Waals surface area contributed by atoms with Crippen molar-refractivity contribution < 1.29 is 9.53 Å². The van der Waals surface area contributed by atoms with E-state index >= 15 is 0 Å². The molecule has 4 nitrogen and oxygen atoms in total. The van der Waals surface area contributed by atoms with Gasteiger partial charge in [0.1, 0.15) is 10.8 Å². The first-order valence-corrected chi connectivity index (χ1v) is 9.91. The Morgan fingerprint density at radius 3 is 2.84 bits per heavy atom. The molecule has 0 aliphatic rings. The summed E-state index contributed by atoms with van der Waals surface area (Å²) in [5, 5.41) is 6.92. The molecule has 1 aromatic carbocycles. The van der Waals surface area contributed by atoms with Gasteiger partial charge in [-0.15, -0.1) is 11.3 Å². The lowest BCUT2D eigenvalue weighted by molar-refractivity contribution is -0.129. The van der Waals surface area contributed by atoms with E-state index < -0.39 is 0 Å². The molecule has 0 radical (unpaired) electrons. The molecular formula is C19H20N2O2S2. The molecule has 2 aromatic heterocycles. The SMILES string of the molecule is CCOc1ccccc1-c1nc(CC(=O)N(C)Cc2ccsc2)cs1. The Labute approximate surface area is 155 Å². The minimum Gasteiger partial charge on any atom is -0.493 e. The molecule has 0 unspecified atom stereocenters. The molecule has 25 heavy (non-hydrogen) atoms. The number of amides is 1. The van der Waals surface area contributed by atoms with Crippen LogP contribution in [0.15, 0.2) is 46.5 Å². The topological polar surface area (TPSA) is 42.4 Å². The number of thiophene rings is 1. The average molecular weight is 373 g/mol. The standard InChI is InChI=1S/C19H20N2O2S2/c1-3-23-17-7-5-4-6-16(17)19-20-15(13-25-19)10-18(22)21(2)11-14-8-9-24-12-14/h4-9,12-13H,3,10-11H2,1-2H3. The summed E-state index contributed by atoms with van der Waals surface area (Å²) in [5.74, 6) is 0.896. The molecular weight excluding hydrogens is 352 g/mol. The second-order valence-electron chi connectivity index (χ2n) is 5.63. The van der Waals surface area contributed by atoms with Gasteiger partial charge in [-0.2, -0.15) is 11.3 Å². The molecule has 0 bridgehead atoms. The van der Waals surface area contributed by atoms with Gasteiger partial charge in [0.25, 0.3) is 0 Å². The zero-order valence-electron chi connectivity index (χ0n) is 14.3. The number of carbonyl (C=O) groups excluding carboxylic acids is 1. The second-order valence-corrected chi connectivity index (χ2v) is 7.27. The second kappa shape index (κ2) is 8.27. The predicted molar refractivity (Wildman–Crippen MR) is 103 cm³/mol. The van der Waals surface area contributed by atoms with Crippen LogP contribution in [-0.2, 0) is 17.8 Å². The van der Waals surface area contributed by atoms with E-state index in [0.717, 1.165) is 27.6 Å². The Bertz CT molecular complexity index is 828. The average Bonchev–Trinajstić information content (AvgIpc) is 3.27. The Balaban J connectivity index is 1.68. The first-order chi connectivity index (χ1) is 12.2. The number of carbonyl (C=O) groups is 1.